The fourth-order valence-electron chi connectivity index (χ4n) is 3.38. The Labute approximate surface area is 171 Å². The maximum atomic E-state index is 14.7. The van der Waals surface area contributed by atoms with Gasteiger partial charge in [0.15, 0.2) is 0 Å². The average Bonchev–Trinajstić information content (AvgIpc) is 3.21. The zero-order valence-electron chi connectivity index (χ0n) is 16.5. The minimum atomic E-state index is -0.846. The molecule has 0 unspecified atom stereocenters. The molecule has 0 radical (unpaired) electrons. The lowest BCUT2D eigenvalue weighted by Crippen LogP contribution is -2.32. The number of nitrogens with one attached hydrogen (secondary N) is 2. The van der Waals surface area contributed by atoms with Gasteiger partial charge in [-0.15, -0.1) is 0 Å². The minimum absolute atomic E-state index is 0.276. The highest BCUT2D eigenvalue weighted by molar-refractivity contribution is 6.06. The molecule has 0 spiro atoms. The molecule has 2 aromatic carbocycles. The topological polar surface area (TPSA) is 103 Å². The van der Waals surface area contributed by atoms with Crippen LogP contribution < -0.4 is 20.1 Å². The van der Waals surface area contributed by atoms with E-state index in [1.165, 1.54) is 25.0 Å². The van der Waals surface area contributed by atoms with E-state index < -0.39 is 17.8 Å². The Morgan fingerprint density at radius 1 is 1.20 bits per heavy atom. The van der Waals surface area contributed by atoms with E-state index in [0.717, 1.165) is 0 Å². The molecule has 9 nitrogen and oxygen atoms in total. The first-order chi connectivity index (χ1) is 14.5. The van der Waals surface area contributed by atoms with Crippen molar-refractivity contribution < 1.29 is 18.7 Å². The zero-order chi connectivity index (χ0) is 21.3. The second-order valence-corrected chi connectivity index (χ2v) is 6.56. The lowest BCUT2D eigenvalue weighted by Gasteiger charge is -2.28. The molecule has 1 amide bonds. The summed E-state index contributed by atoms with van der Waals surface area (Å²) >= 11 is 0. The van der Waals surface area contributed by atoms with E-state index in [9.17, 15) is 9.18 Å². The molecule has 3 aromatic rings. The molecule has 2 heterocycles. The molecule has 0 saturated carbocycles. The number of ether oxygens (including phenoxy) is 2. The van der Waals surface area contributed by atoms with Crippen LogP contribution in [0.3, 0.4) is 0 Å². The van der Waals surface area contributed by atoms with Gasteiger partial charge in [0.05, 0.1) is 25.5 Å². The number of nitrogens with zero attached hydrogens (tertiary/aromatic N) is 4. The third kappa shape index (κ3) is 3.32. The molecule has 2 N–H and O–H groups in total. The number of fused-ring (bicyclic) bond motifs is 1. The first kappa shape index (κ1) is 19.4. The third-order valence-corrected chi connectivity index (χ3v) is 4.82. The van der Waals surface area contributed by atoms with E-state index in [1.54, 1.807) is 43.3 Å². The van der Waals surface area contributed by atoms with Crippen LogP contribution in [0.1, 0.15) is 18.5 Å². The van der Waals surface area contributed by atoms with E-state index in [1.807, 2.05) is 0 Å². The smallest absolute Gasteiger partial charge is 0.255 e. The van der Waals surface area contributed by atoms with E-state index in [0.29, 0.717) is 28.8 Å². The quantitative estimate of drug-likeness (QED) is 0.667. The Bertz CT molecular complexity index is 1140. The van der Waals surface area contributed by atoms with E-state index in [-0.39, 0.29) is 11.1 Å². The van der Waals surface area contributed by atoms with Crippen LogP contribution in [0, 0.1) is 5.82 Å². The number of amides is 1. The maximum Gasteiger partial charge on any atom is 0.255 e. The maximum absolute atomic E-state index is 14.7. The summed E-state index contributed by atoms with van der Waals surface area (Å²) in [5.41, 5.74) is 1.51. The molecule has 1 aliphatic heterocycles. The van der Waals surface area contributed by atoms with Crippen molar-refractivity contribution in [2.24, 2.45) is 0 Å². The van der Waals surface area contributed by atoms with Crippen LogP contribution in [-0.4, -0.2) is 40.3 Å². The SMILES string of the molecule is COc1ccc(NC(=O)C2=C(C)Nc3nnnn3[C@H]2c2ccccc2F)c(OC)c1. The van der Waals surface area contributed by atoms with Crippen molar-refractivity contribution in [1.82, 2.24) is 20.2 Å². The second kappa shape index (κ2) is 7.82. The second-order valence-electron chi connectivity index (χ2n) is 6.56. The Hall–Kier alpha value is -3.95. The number of tetrazole rings is 1. The molecule has 154 valence electrons. The van der Waals surface area contributed by atoms with Crippen molar-refractivity contribution in [1.29, 1.82) is 0 Å². The minimum Gasteiger partial charge on any atom is -0.497 e. The predicted octanol–water partition coefficient (Wildman–Crippen LogP) is 2.76. The number of hydrogen-bond donors (Lipinski definition) is 2. The first-order valence-electron chi connectivity index (χ1n) is 9.07. The van der Waals surface area contributed by atoms with Gasteiger partial charge in [-0.1, -0.05) is 23.3 Å². The highest BCUT2D eigenvalue weighted by Gasteiger charge is 2.35. The van der Waals surface area contributed by atoms with Crippen LogP contribution in [0.4, 0.5) is 16.0 Å². The van der Waals surface area contributed by atoms with E-state index in [2.05, 4.69) is 26.2 Å². The van der Waals surface area contributed by atoms with Crippen molar-refractivity contribution in [2.45, 2.75) is 13.0 Å². The molecular weight excluding hydrogens is 391 g/mol. The number of methoxy groups -OCH3 is 2. The number of aromatic nitrogens is 4. The lowest BCUT2D eigenvalue weighted by molar-refractivity contribution is -0.113. The van der Waals surface area contributed by atoms with Crippen LogP contribution in [0.5, 0.6) is 11.5 Å². The van der Waals surface area contributed by atoms with E-state index in [4.69, 9.17) is 9.47 Å². The zero-order valence-corrected chi connectivity index (χ0v) is 16.5. The van der Waals surface area contributed by atoms with Gasteiger partial charge in [-0.25, -0.2) is 4.39 Å². The summed E-state index contributed by atoms with van der Waals surface area (Å²) in [5, 5.41) is 17.3. The van der Waals surface area contributed by atoms with Gasteiger partial charge < -0.3 is 20.1 Å². The molecule has 1 aliphatic rings. The normalized spacial score (nSPS) is 15.3. The van der Waals surface area contributed by atoms with Crippen LogP contribution >= 0.6 is 0 Å². The van der Waals surface area contributed by atoms with Gasteiger partial charge in [0.25, 0.3) is 5.91 Å². The molecule has 1 aromatic heterocycles. The predicted molar refractivity (Wildman–Crippen MR) is 107 cm³/mol. The number of carbonyl (C=O) groups excluding carboxylic acids is 1. The highest BCUT2D eigenvalue weighted by atomic mass is 19.1. The Morgan fingerprint density at radius 3 is 2.73 bits per heavy atom. The highest BCUT2D eigenvalue weighted by Crippen LogP contribution is 2.37. The molecule has 30 heavy (non-hydrogen) atoms. The van der Waals surface area contributed by atoms with Crippen LogP contribution in [-0.2, 0) is 4.79 Å². The van der Waals surface area contributed by atoms with Crippen molar-refractivity contribution in [3.8, 4) is 11.5 Å². The third-order valence-electron chi connectivity index (χ3n) is 4.82. The Morgan fingerprint density at radius 2 is 2.00 bits per heavy atom. The summed E-state index contributed by atoms with van der Waals surface area (Å²) in [6, 6.07) is 10.4. The largest absolute Gasteiger partial charge is 0.497 e. The average molecular weight is 410 g/mol. The van der Waals surface area contributed by atoms with Gasteiger partial charge in [-0.3, -0.25) is 4.79 Å². The van der Waals surface area contributed by atoms with Gasteiger partial charge in [0, 0.05) is 17.3 Å². The summed E-state index contributed by atoms with van der Waals surface area (Å²) in [6.07, 6.45) is 0. The Kier molecular flexibility index (Phi) is 5.05. The molecule has 4 rings (SSSR count). The van der Waals surface area contributed by atoms with Crippen molar-refractivity contribution >= 4 is 17.5 Å². The first-order valence-corrected chi connectivity index (χ1v) is 9.07. The van der Waals surface area contributed by atoms with Gasteiger partial charge in [0.2, 0.25) is 5.95 Å². The van der Waals surface area contributed by atoms with Gasteiger partial charge in [-0.2, -0.15) is 4.68 Å². The summed E-state index contributed by atoms with van der Waals surface area (Å²) in [4.78, 5) is 13.3. The summed E-state index contributed by atoms with van der Waals surface area (Å²) in [6.45, 7) is 1.71. The summed E-state index contributed by atoms with van der Waals surface area (Å²) in [7, 11) is 3.03. The van der Waals surface area contributed by atoms with Crippen molar-refractivity contribution in [3.05, 3.63) is 65.1 Å². The Balaban J connectivity index is 1.76. The van der Waals surface area contributed by atoms with Gasteiger partial charge in [-0.05, 0) is 35.5 Å². The van der Waals surface area contributed by atoms with Crippen LogP contribution in [0.25, 0.3) is 0 Å². The van der Waals surface area contributed by atoms with E-state index >= 15 is 0 Å². The summed E-state index contributed by atoms with van der Waals surface area (Å²) < 4.78 is 26.6. The molecule has 0 fully saturated rings. The molecule has 1 atom stereocenters. The fourth-order valence-corrected chi connectivity index (χ4v) is 3.38. The lowest BCUT2D eigenvalue weighted by atomic mass is 9.94. The number of allylic oxidation sites excluding steroid dienone is 1. The molecule has 0 saturated heterocycles. The number of benzene rings is 2. The molecular formula is C20H19FN6O3. The van der Waals surface area contributed by atoms with Crippen molar-refractivity contribution in [2.75, 3.05) is 24.9 Å². The number of rotatable bonds is 5. The molecule has 0 aliphatic carbocycles. The van der Waals surface area contributed by atoms with Crippen LogP contribution in [0.2, 0.25) is 0 Å². The van der Waals surface area contributed by atoms with Crippen LogP contribution in [0.15, 0.2) is 53.7 Å². The number of hydrogen-bond acceptors (Lipinski definition) is 7. The number of carbonyl (C=O) groups is 1. The van der Waals surface area contributed by atoms with Crippen molar-refractivity contribution in [3.63, 3.8) is 0 Å². The molecule has 0 bridgehead atoms. The van der Waals surface area contributed by atoms with Gasteiger partial charge in [0.1, 0.15) is 23.4 Å². The van der Waals surface area contributed by atoms with Gasteiger partial charge >= 0.3 is 0 Å². The fraction of sp³-hybridized carbons (Fsp3) is 0.200. The monoisotopic (exact) mass is 410 g/mol. The number of halogens is 1. The number of anilines is 2. The summed E-state index contributed by atoms with van der Waals surface area (Å²) in [5.74, 6) is 0.417. The molecule has 10 heteroatoms. The standard InChI is InChI=1S/C20H19FN6O3/c1-11-17(19(28)23-15-9-8-12(29-2)10-16(15)30-3)18(13-6-4-5-7-14(13)21)27-20(22-11)24-25-26-27/h4-10,18H,1-3H3,(H,23,28)(H,22,24,26)/t18-/m0/s1.